The number of aryl methyl sites for hydroxylation is 1. The van der Waals surface area contributed by atoms with Crippen molar-refractivity contribution in [3.05, 3.63) is 77.5 Å². The third-order valence-electron chi connectivity index (χ3n) is 6.08. The highest BCUT2D eigenvalue weighted by molar-refractivity contribution is 7.91. The van der Waals surface area contributed by atoms with Gasteiger partial charge < -0.3 is 20.5 Å². The lowest BCUT2D eigenvalue weighted by atomic mass is 10.0. The summed E-state index contributed by atoms with van der Waals surface area (Å²) in [4.78, 5) is 17.0. The fraction of sp³-hybridized carbons (Fsp3) is 0.154. The predicted octanol–water partition coefficient (Wildman–Crippen LogP) is 4.16. The van der Waals surface area contributed by atoms with Crippen LogP contribution in [0.5, 0.6) is 11.5 Å². The van der Waals surface area contributed by atoms with Gasteiger partial charge in [-0.25, -0.2) is 8.42 Å². The Balaban J connectivity index is 1.71. The highest BCUT2D eigenvalue weighted by Crippen LogP contribution is 2.38. The van der Waals surface area contributed by atoms with Crippen molar-refractivity contribution in [2.75, 3.05) is 19.0 Å². The van der Waals surface area contributed by atoms with Crippen molar-refractivity contribution >= 4 is 38.0 Å². The number of nitrogens with one attached hydrogen (secondary N) is 1. The van der Waals surface area contributed by atoms with E-state index in [1.807, 2.05) is 18.2 Å². The van der Waals surface area contributed by atoms with E-state index < -0.39 is 15.7 Å². The molecule has 0 radical (unpaired) electrons. The van der Waals surface area contributed by atoms with Gasteiger partial charge in [-0.2, -0.15) is 0 Å². The number of nitrogens with two attached hydrogens (primary N) is 1. The van der Waals surface area contributed by atoms with E-state index >= 15 is 0 Å². The Morgan fingerprint density at radius 3 is 2.60 bits per heavy atom. The van der Waals surface area contributed by atoms with Crippen molar-refractivity contribution in [3.8, 4) is 11.5 Å². The Bertz CT molecular complexity index is 1580. The molecule has 0 spiro atoms. The van der Waals surface area contributed by atoms with Gasteiger partial charge in [0.1, 0.15) is 11.5 Å². The molecule has 0 unspecified atom stereocenters. The number of carbonyl (C=O) groups excluding carboxylic acids is 1. The van der Waals surface area contributed by atoms with Crippen LogP contribution in [0.4, 0.5) is 11.4 Å². The molecule has 4 aromatic rings. The zero-order chi connectivity index (χ0) is 24.7. The zero-order valence-corrected chi connectivity index (χ0v) is 20.0. The van der Waals surface area contributed by atoms with Crippen molar-refractivity contribution < 1.29 is 22.7 Å². The summed E-state index contributed by atoms with van der Waals surface area (Å²) in [5, 5.41) is 3.80. The van der Waals surface area contributed by atoms with Crippen LogP contribution in [0.3, 0.4) is 0 Å². The molecule has 0 saturated heterocycles. The number of nitrogens with zero attached hydrogens (tertiary/aromatic N) is 1. The molecule has 0 saturated carbocycles. The number of sulfone groups is 1. The second-order valence-corrected chi connectivity index (χ2v) is 10.2. The number of anilines is 2. The smallest absolute Gasteiger partial charge is 0.252 e. The quantitative estimate of drug-likeness (QED) is 0.417. The lowest BCUT2D eigenvalue weighted by Crippen LogP contribution is -2.15. The SMILES string of the molecule is COc1ccc(S(=O)(=O)c2cc(C)c3ncc(C(N)=O)c(Nc4cccc5c4CCO5)c3c2)cc1. The van der Waals surface area contributed by atoms with E-state index in [0.29, 0.717) is 40.9 Å². The number of carbonyl (C=O) groups is 1. The largest absolute Gasteiger partial charge is 0.497 e. The Kier molecular flexibility index (Phi) is 5.56. The molecule has 0 fully saturated rings. The first-order valence-electron chi connectivity index (χ1n) is 10.9. The summed E-state index contributed by atoms with van der Waals surface area (Å²) in [6, 6.07) is 14.9. The normalized spacial score (nSPS) is 12.7. The van der Waals surface area contributed by atoms with Gasteiger partial charge in [0, 0.05) is 29.3 Å². The standard InChI is InChI=1S/C26H23N3O5S/c1-15-12-18(35(31,32)17-8-6-16(33-2)7-9-17)13-20-24(15)28-14-21(26(27)30)25(20)29-22-4-3-5-23-19(22)10-11-34-23/h3-9,12-14H,10-11H2,1-2H3,(H2,27,30)(H,28,29). The van der Waals surface area contributed by atoms with Crippen LogP contribution in [-0.4, -0.2) is 33.0 Å². The number of hydrogen-bond donors (Lipinski definition) is 2. The maximum absolute atomic E-state index is 13.5. The van der Waals surface area contributed by atoms with Crippen LogP contribution in [0.25, 0.3) is 10.9 Å². The van der Waals surface area contributed by atoms with Crippen molar-refractivity contribution in [3.63, 3.8) is 0 Å². The molecule has 0 aliphatic carbocycles. The van der Waals surface area contributed by atoms with Crippen molar-refractivity contribution in [2.24, 2.45) is 5.73 Å². The minimum absolute atomic E-state index is 0.0840. The molecule has 5 rings (SSSR count). The van der Waals surface area contributed by atoms with E-state index in [1.54, 1.807) is 25.1 Å². The van der Waals surface area contributed by atoms with E-state index in [9.17, 15) is 13.2 Å². The van der Waals surface area contributed by atoms with Gasteiger partial charge in [-0.1, -0.05) is 6.07 Å². The Morgan fingerprint density at radius 2 is 1.89 bits per heavy atom. The number of ether oxygens (including phenoxy) is 2. The van der Waals surface area contributed by atoms with Gasteiger partial charge in [-0.3, -0.25) is 9.78 Å². The average molecular weight is 490 g/mol. The Labute approximate surface area is 202 Å². The van der Waals surface area contributed by atoms with E-state index in [0.717, 1.165) is 17.0 Å². The number of primary amides is 1. The number of methoxy groups -OCH3 is 1. The van der Waals surface area contributed by atoms with Crippen LogP contribution in [0.1, 0.15) is 21.5 Å². The van der Waals surface area contributed by atoms with E-state index in [1.165, 1.54) is 31.5 Å². The zero-order valence-electron chi connectivity index (χ0n) is 19.2. The second kappa shape index (κ2) is 8.59. The summed E-state index contributed by atoms with van der Waals surface area (Å²) in [5.41, 5.74) is 9.19. The van der Waals surface area contributed by atoms with Gasteiger partial charge in [0.05, 0.1) is 40.3 Å². The molecule has 2 heterocycles. The monoisotopic (exact) mass is 489 g/mol. The molecule has 3 aromatic carbocycles. The van der Waals surface area contributed by atoms with Crippen molar-refractivity contribution in [1.29, 1.82) is 0 Å². The van der Waals surface area contributed by atoms with Gasteiger partial charge in [0.15, 0.2) is 0 Å². The topological polar surface area (TPSA) is 121 Å². The van der Waals surface area contributed by atoms with Gasteiger partial charge in [-0.05, 0) is 61.0 Å². The molecule has 1 aliphatic rings. The lowest BCUT2D eigenvalue weighted by Gasteiger charge is -2.17. The average Bonchev–Trinajstić information content (AvgIpc) is 3.34. The van der Waals surface area contributed by atoms with Crippen LogP contribution < -0.4 is 20.5 Å². The number of benzene rings is 3. The maximum Gasteiger partial charge on any atom is 0.252 e. The lowest BCUT2D eigenvalue weighted by molar-refractivity contribution is 0.100. The first-order valence-corrected chi connectivity index (χ1v) is 12.4. The highest BCUT2D eigenvalue weighted by Gasteiger charge is 2.23. The molecule has 0 bridgehead atoms. The first kappa shape index (κ1) is 22.7. The summed E-state index contributed by atoms with van der Waals surface area (Å²) in [5.74, 6) is 0.652. The van der Waals surface area contributed by atoms with Gasteiger partial charge >= 0.3 is 0 Å². The highest BCUT2D eigenvalue weighted by atomic mass is 32.2. The van der Waals surface area contributed by atoms with Crippen LogP contribution in [0, 0.1) is 6.92 Å². The minimum atomic E-state index is -3.86. The summed E-state index contributed by atoms with van der Waals surface area (Å²) in [6.07, 6.45) is 2.13. The van der Waals surface area contributed by atoms with Gasteiger partial charge in [0.25, 0.3) is 5.91 Å². The molecule has 9 heteroatoms. The summed E-state index contributed by atoms with van der Waals surface area (Å²) in [7, 11) is -2.34. The molecule has 35 heavy (non-hydrogen) atoms. The number of fused-ring (bicyclic) bond motifs is 2. The van der Waals surface area contributed by atoms with Crippen LogP contribution in [0.15, 0.2) is 70.6 Å². The molecule has 3 N–H and O–H groups in total. The molecular weight excluding hydrogens is 466 g/mol. The van der Waals surface area contributed by atoms with E-state index in [2.05, 4.69) is 10.3 Å². The Hall–Kier alpha value is -4.11. The predicted molar refractivity (Wildman–Crippen MR) is 132 cm³/mol. The van der Waals surface area contributed by atoms with E-state index in [4.69, 9.17) is 15.2 Å². The van der Waals surface area contributed by atoms with Gasteiger partial charge in [-0.15, -0.1) is 0 Å². The number of amides is 1. The molecule has 178 valence electrons. The molecule has 1 aromatic heterocycles. The number of pyridine rings is 1. The number of rotatable bonds is 6. The third-order valence-corrected chi connectivity index (χ3v) is 7.83. The number of hydrogen-bond acceptors (Lipinski definition) is 7. The van der Waals surface area contributed by atoms with Crippen LogP contribution >= 0.6 is 0 Å². The fourth-order valence-corrected chi connectivity index (χ4v) is 5.66. The summed E-state index contributed by atoms with van der Waals surface area (Å²) < 4.78 is 37.8. The van der Waals surface area contributed by atoms with Crippen LogP contribution in [-0.2, 0) is 16.3 Å². The van der Waals surface area contributed by atoms with Crippen molar-refractivity contribution in [2.45, 2.75) is 23.1 Å². The molecule has 1 amide bonds. The Morgan fingerprint density at radius 1 is 1.11 bits per heavy atom. The fourth-order valence-electron chi connectivity index (χ4n) is 4.29. The minimum Gasteiger partial charge on any atom is -0.497 e. The molecule has 0 atom stereocenters. The third kappa shape index (κ3) is 3.93. The second-order valence-electron chi connectivity index (χ2n) is 8.23. The molecule has 1 aliphatic heterocycles. The number of aromatic nitrogens is 1. The molecule has 8 nitrogen and oxygen atoms in total. The summed E-state index contributed by atoms with van der Waals surface area (Å²) in [6.45, 7) is 2.35. The maximum atomic E-state index is 13.5. The van der Waals surface area contributed by atoms with Crippen LogP contribution in [0.2, 0.25) is 0 Å². The molecular formula is C26H23N3O5S. The van der Waals surface area contributed by atoms with Gasteiger partial charge in [0.2, 0.25) is 9.84 Å². The van der Waals surface area contributed by atoms with Crippen molar-refractivity contribution in [1.82, 2.24) is 4.98 Å². The first-order chi connectivity index (χ1) is 16.8. The van der Waals surface area contributed by atoms with E-state index in [-0.39, 0.29) is 15.4 Å². The summed E-state index contributed by atoms with van der Waals surface area (Å²) >= 11 is 0.